The SMILES string of the molecule is Br.Cc1ccc(C2=NCCN2C)cc1. The van der Waals surface area contributed by atoms with Gasteiger partial charge in [0.1, 0.15) is 5.84 Å². The molecule has 0 aliphatic carbocycles. The Morgan fingerprint density at radius 2 is 1.86 bits per heavy atom. The van der Waals surface area contributed by atoms with E-state index in [-0.39, 0.29) is 17.0 Å². The first-order valence-electron chi connectivity index (χ1n) is 4.60. The molecule has 0 radical (unpaired) electrons. The maximum atomic E-state index is 4.46. The van der Waals surface area contributed by atoms with Crippen LogP contribution < -0.4 is 0 Å². The second-order valence-electron chi connectivity index (χ2n) is 3.49. The lowest BCUT2D eigenvalue weighted by atomic mass is 10.1. The molecule has 1 aliphatic heterocycles. The number of hydrogen-bond acceptors (Lipinski definition) is 2. The lowest BCUT2D eigenvalue weighted by molar-refractivity contribution is 0.557. The molecule has 0 N–H and O–H groups in total. The van der Waals surface area contributed by atoms with Crippen molar-refractivity contribution in [1.82, 2.24) is 4.90 Å². The second-order valence-corrected chi connectivity index (χ2v) is 3.49. The van der Waals surface area contributed by atoms with E-state index in [1.807, 2.05) is 0 Å². The summed E-state index contributed by atoms with van der Waals surface area (Å²) < 4.78 is 0. The number of benzene rings is 1. The maximum absolute atomic E-state index is 4.46. The number of aryl methyl sites for hydroxylation is 1. The number of halogens is 1. The molecular weight excluding hydrogens is 240 g/mol. The van der Waals surface area contributed by atoms with E-state index in [1.165, 1.54) is 11.1 Å². The van der Waals surface area contributed by atoms with Gasteiger partial charge in [0, 0.05) is 19.2 Å². The zero-order chi connectivity index (χ0) is 9.26. The van der Waals surface area contributed by atoms with Crippen molar-refractivity contribution in [3.05, 3.63) is 35.4 Å². The Labute approximate surface area is 95.4 Å². The van der Waals surface area contributed by atoms with Gasteiger partial charge in [-0.05, 0) is 6.92 Å². The van der Waals surface area contributed by atoms with Crippen molar-refractivity contribution in [1.29, 1.82) is 0 Å². The predicted molar refractivity (Wildman–Crippen MR) is 65.5 cm³/mol. The van der Waals surface area contributed by atoms with Crippen LogP contribution in [0.1, 0.15) is 11.1 Å². The number of likely N-dealkylation sites (N-methyl/N-ethyl adjacent to an activating group) is 1. The summed E-state index contributed by atoms with van der Waals surface area (Å²) in [5.41, 5.74) is 2.52. The van der Waals surface area contributed by atoms with Crippen molar-refractivity contribution < 1.29 is 0 Å². The highest BCUT2D eigenvalue weighted by atomic mass is 79.9. The van der Waals surface area contributed by atoms with Crippen LogP contribution in [0.2, 0.25) is 0 Å². The Morgan fingerprint density at radius 1 is 1.21 bits per heavy atom. The van der Waals surface area contributed by atoms with E-state index in [4.69, 9.17) is 0 Å². The van der Waals surface area contributed by atoms with E-state index in [9.17, 15) is 0 Å². The molecule has 0 bridgehead atoms. The number of amidine groups is 1. The average Bonchev–Trinajstić information content (AvgIpc) is 2.53. The minimum absolute atomic E-state index is 0. The molecule has 0 aromatic heterocycles. The highest BCUT2D eigenvalue weighted by Crippen LogP contribution is 2.10. The van der Waals surface area contributed by atoms with Gasteiger partial charge in [-0.2, -0.15) is 0 Å². The van der Waals surface area contributed by atoms with E-state index in [0.717, 1.165) is 18.9 Å². The van der Waals surface area contributed by atoms with E-state index < -0.39 is 0 Å². The van der Waals surface area contributed by atoms with E-state index in [0.29, 0.717) is 0 Å². The van der Waals surface area contributed by atoms with Gasteiger partial charge in [0.25, 0.3) is 0 Å². The molecule has 14 heavy (non-hydrogen) atoms. The third kappa shape index (κ3) is 2.15. The van der Waals surface area contributed by atoms with Crippen LogP contribution >= 0.6 is 17.0 Å². The average molecular weight is 255 g/mol. The molecule has 1 aromatic carbocycles. The van der Waals surface area contributed by atoms with Crippen molar-refractivity contribution in [2.45, 2.75) is 6.92 Å². The molecule has 0 fully saturated rings. The highest BCUT2D eigenvalue weighted by Gasteiger charge is 2.13. The topological polar surface area (TPSA) is 15.6 Å². The van der Waals surface area contributed by atoms with Gasteiger partial charge in [0.05, 0.1) is 6.54 Å². The maximum Gasteiger partial charge on any atom is 0.130 e. The molecular formula is C11H15BrN2. The molecule has 0 atom stereocenters. The van der Waals surface area contributed by atoms with Crippen LogP contribution in [-0.4, -0.2) is 30.9 Å². The van der Waals surface area contributed by atoms with Crippen molar-refractivity contribution in [2.75, 3.05) is 20.1 Å². The largest absolute Gasteiger partial charge is 0.358 e. The van der Waals surface area contributed by atoms with E-state index in [1.54, 1.807) is 0 Å². The fraction of sp³-hybridized carbons (Fsp3) is 0.364. The van der Waals surface area contributed by atoms with E-state index >= 15 is 0 Å². The van der Waals surface area contributed by atoms with Gasteiger partial charge in [-0.1, -0.05) is 29.8 Å². The highest BCUT2D eigenvalue weighted by molar-refractivity contribution is 8.93. The van der Waals surface area contributed by atoms with Crippen LogP contribution in [0.3, 0.4) is 0 Å². The Kier molecular flexibility index (Phi) is 3.69. The summed E-state index contributed by atoms with van der Waals surface area (Å²) in [4.78, 5) is 6.66. The number of hydrogen-bond donors (Lipinski definition) is 0. The summed E-state index contributed by atoms with van der Waals surface area (Å²) in [5, 5.41) is 0. The van der Waals surface area contributed by atoms with Gasteiger partial charge in [-0.25, -0.2) is 0 Å². The van der Waals surface area contributed by atoms with Gasteiger partial charge in [0.15, 0.2) is 0 Å². The third-order valence-electron chi connectivity index (χ3n) is 2.37. The summed E-state index contributed by atoms with van der Waals surface area (Å²) in [5.74, 6) is 1.13. The molecule has 1 heterocycles. The van der Waals surface area contributed by atoms with Gasteiger partial charge in [-0.15, -0.1) is 17.0 Å². The zero-order valence-electron chi connectivity index (χ0n) is 8.53. The molecule has 1 aromatic rings. The second kappa shape index (κ2) is 4.60. The van der Waals surface area contributed by atoms with Crippen molar-refractivity contribution in [2.24, 2.45) is 4.99 Å². The molecule has 3 heteroatoms. The smallest absolute Gasteiger partial charge is 0.130 e. The van der Waals surface area contributed by atoms with Crippen LogP contribution in [0.15, 0.2) is 29.3 Å². The first-order chi connectivity index (χ1) is 6.27. The van der Waals surface area contributed by atoms with Gasteiger partial charge >= 0.3 is 0 Å². The zero-order valence-corrected chi connectivity index (χ0v) is 10.2. The van der Waals surface area contributed by atoms with Crippen LogP contribution in [0.25, 0.3) is 0 Å². The summed E-state index contributed by atoms with van der Waals surface area (Å²) in [6.07, 6.45) is 0. The van der Waals surface area contributed by atoms with Gasteiger partial charge in [-0.3, -0.25) is 4.99 Å². The number of aliphatic imine (C=N–C) groups is 1. The van der Waals surface area contributed by atoms with Crippen molar-refractivity contribution in [3.8, 4) is 0 Å². The summed E-state index contributed by atoms with van der Waals surface area (Å²) >= 11 is 0. The minimum atomic E-state index is 0. The lowest BCUT2D eigenvalue weighted by Gasteiger charge is -2.13. The molecule has 1 aliphatic rings. The third-order valence-corrected chi connectivity index (χ3v) is 2.37. The monoisotopic (exact) mass is 254 g/mol. The van der Waals surface area contributed by atoms with Crippen LogP contribution in [0, 0.1) is 6.92 Å². The first-order valence-corrected chi connectivity index (χ1v) is 4.60. The Morgan fingerprint density at radius 3 is 2.36 bits per heavy atom. The minimum Gasteiger partial charge on any atom is -0.358 e. The Balaban J connectivity index is 0.000000980. The molecule has 0 unspecified atom stereocenters. The fourth-order valence-corrected chi connectivity index (χ4v) is 1.55. The normalized spacial score (nSPS) is 15.0. The standard InChI is InChI=1S/C11H14N2.BrH/c1-9-3-5-10(6-4-9)11-12-7-8-13(11)2;/h3-6H,7-8H2,1-2H3;1H. The Bertz CT molecular complexity index is 330. The van der Waals surface area contributed by atoms with Gasteiger partial charge < -0.3 is 4.90 Å². The summed E-state index contributed by atoms with van der Waals surface area (Å²) in [6, 6.07) is 8.53. The van der Waals surface area contributed by atoms with Crippen LogP contribution in [0.4, 0.5) is 0 Å². The number of nitrogens with zero attached hydrogens (tertiary/aromatic N) is 2. The molecule has 0 saturated carbocycles. The van der Waals surface area contributed by atoms with Crippen molar-refractivity contribution >= 4 is 22.8 Å². The molecule has 2 rings (SSSR count). The molecule has 0 amide bonds. The van der Waals surface area contributed by atoms with Gasteiger partial charge in [0.2, 0.25) is 0 Å². The Hall–Kier alpha value is -0.830. The van der Waals surface area contributed by atoms with E-state index in [2.05, 4.69) is 48.1 Å². The first kappa shape index (κ1) is 11.2. The fourth-order valence-electron chi connectivity index (χ4n) is 1.55. The summed E-state index contributed by atoms with van der Waals surface area (Å²) in [7, 11) is 2.09. The summed E-state index contributed by atoms with van der Waals surface area (Å²) in [6.45, 7) is 4.08. The molecule has 0 saturated heterocycles. The van der Waals surface area contributed by atoms with Crippen LogP contribution in [-0.2, 0) is 0 Å². The lowest BCUT2D eigenvalue weighted by Crippen LogP contribution is -2.23. The van der Waals surface area contributed by atoms with Crippen molar-refractivity contribution in [3.63, 3.8) is 0 Å². The number of rotatable bonds is 1. The van der Waals surface area contributed by atoms with Crippen LogP contribution in [0.5, 0.6) is 0 Å². The predicted octanol–water partition coefficient (Wildman–Crippen LogP) is 2.26. The molecule has 0 spiro atoms. The quantitative estimate of drug-likeness (QED) is 0.751. The molecule has 76 valence electrons. The molecule has 2 nitrogen and oxygen atoms in total.